The first-order valence-electron chi connectivity index (χ1n) is 6.15. The highest BCUT2D eigenvalue weighted by Gasteiger charge is 2.23. The third-order valence-corrected chi connectivity index (χ3v) is 4.63. The molecule has 0 spiro atoms. The fourth-order valence-electron chi connectivity index (χ4n) is 1.81. The maximum Gasteiger partial charge on any atom is 0.172 e. The Morgan fingerprint density at radius 1 is 1.26 bits per heavy atom. The minimum atomic E-state index is -0.0344. The van der Waals surface area contributed by atoms with Crippen LogP contribution in [0.4, 0.5) is 5.82 Å². The molecule has 0 aliphatic rings. The van der Waals surface area contributed by atoms with E-state index in [1.54, 1.807) is 11.3 Å². The minimum absolute atomic E-state index is 0.0344. The third-order valence-electron chi connectivity index (χ3n) is 2.86. The van der Waals surface area contributed by atoms with E-state index in [4.69, 9.17) is 4.98 Å². The van der Waals surface area contributed by atoms with Gasteiger partial charge in [0.25, 0.3) is 0 Å². The molecule has 0 bridgehead atoms. The lowest BCUT2D eigenvalue weighted by molar-refractivity contribution is 0.564. The van der Waals surface area contributed by atoms with Crippen LogP contribution in [0.3, 0.4) is 0 Å². The van der Waals surface area contributed by atoms with Crippen molar-refractivity contribution < 1.29 is 0 Å². The number of aryl methyl sites for hydroxylation is 1. The van der Waals surface area contributed by atoms with Crippen molar-refractivity contribution in [1.82, 2.24) is 9.97 Å². The number of anilines is 1. The minimum Gasteiger partial charge on any atom is -0.372 e. The summed E-state index contributed by atoms with van der Waals surface area (Å²) in [6, 6.07) is 2.10. The monoisotopic (exact) mass is 339 g/mol. The van der Waals surface area contributed by atoms with Crippen molar-refractivity contribution in [3.63, 3.8) is 0 Å². The Morgan fingerprint density at radius 2 is 1.95 bits per heavy atom. The molecule has 0 aliphatic carbocycles. The van der Waals surface area contributed by atoms with Gasteiger partial charge in [-0.2, -0.15) is 0 Å². The van der Waals surface area contributed by atoms with Gasteiger partial charge < -0.3 is 5.32 Å². The topological polar surface area (TPSA) is 37.8 Å². The molecule has 5 heteroatoms. The van der Waals surface area contributed by atoms with E-state index in [-0.39, 0.29) is 5.41 Å². The first-order valence-corrected chi connectivity index (χ1v) is 7.82. The van der Waals surface area contributed by atoms with Crippen LogP contribution in [0, 0.1) is 6.92 Å². The van der Waals surface area contributed by atoms with Gasteiger partial charge in [-0.1, -0.05) is 20.8 Å². The lowest BCUT2D eigenvalue weighted by Gasteiger charge is -2.21. The highest BCUT2D eigenvalue weighted by Crippen LogP contribution is 2.36. The summed E-state index contributed by atoms with van der Waals surface area (Å²) in [4.78, 5) is 10.5. The molecule has 2 heterocycles. The molecule has 2 aromatic heterocycles. The molecule has 1 N–H and O–H groups in total. The first-order chi connectivity index (χ1) is 8.84. The number of nitrogens with one attached hydrogen (secondary N) is 1. The van der Waals surface area contributed by atoms with E-state index in [2.05, 4.69) is 65.4 Å². The van der Waals surface area contributed by atoms with Crippen molar-refractivity contribution in [3.05, 3.63) is 27.2 Å². The summed E-state index contributed by atoms with van der Waals surface area (Å²) in [5, 5.41) is 5.21. The number of hydrogen-bond acceptors (Lipinski definition) is 4. The summed E-state index contributed by atoms with van der Waals surface area (Å²) in [6.07, 6.45) is 0. The second-order valence-electron chi connectivity index (χ2n) is 5.49. The van der Waals surface area contributed by atoms with Crippen molar-refractivity contribution in [3.8, 4) is 10.7 Å². The van der Waals surface area contributed by atoms with Gasteiger partial charge in [0.05, 0.1) is 15.0 Å². The number of aromatic nitrogens is 2. The summed E-state index contributed by atoms with van der Waals surface area (Å²) >= 11 is 5.29. The van der Waals surface area contributed by atoms with Gasteiger partial charge in [0.1, 0.15) is 5.82 Å². The molecule has 0 atom stereocenters. The lowest BCUT2D eigenvalue weighted by Crippen LogP contribution is -2.17. The zero-order valence-corrected chi connectivity index (χ0v) is 14.2. The Hall–Kier alpha value is -0.940. The molecule has 0 saturated heterocycles. The van der Waals surface area contributed by atoms with Crippen LogP contribution < -0.4 is 5.32 Å². The number of thiophene rings is 1. The Bertz CT molecular complexity index is 599. The standard InChI is InChI=1S/C14H18BrN3S/c1-8-6-7-19-10(8)13-17-11(14(2,3)4)9(15)12(16-5)18-13/h6-7H,1-5H3,(H,16,17,18). The highest BCUT2D eigenvalue weighted by atomic mass is 79.9. The smallest absolute Gasteiger partial charge is 0.172 e. The van der Waals surface area contributed by atoms with Gasteiger partial charge in [0, 0.05) is 12.5 Å². The van der Waals surface area contributed by atoms with Crippen molar-refractivity contribution in [2.75, 3.05) is 12.4 Å². The molecule has 2 aromatic rings. The molecule has 2 rings (SSSR count). The molecular formula is C14H18BrN3S. The van der Waals surface area contributed by atoms with Crippen LogP contribution in [0.25, 0.3) is 10.7 Å². The lowest BCUT2D eigenvalue weighted by atomic mass is 9.92. The second kappa shape index (κ2) is 5.21. The normalized spacial score (nSPS) is 11.7. The van der Waals surface area contributed by atoms with E-state index in [0.29, 0.717) is 0 Å². The summed E-state index contributed by atoms with van der Waals surface area (Å²) in [7, 11) is 1.88. The van der Waals surface area contributed by atoms with Gasteiger partial charge in [0.2, 0.25) is 0 Å². The van der Waals surface area contributed by atoms with Gasteiger partial charge in [-0.15, -0.1) is 11.3 Å². The Balaban J connectivity index is 2.68. The van der Waals surface area contributed by atoms with Crippen LogP contribution in [0.1, 0.15) is 32.0 Å². The van der Waals surface area contributed by atoms with Crippen LogP contribution in [-0.2, 0) is 5.41 Å². The van der Waals surface area contributed by atoms with Crippen molar-refractivity contribution >= 4 is 33.1 Å². The molecule has 0 unspecified atom stereocenters. The van der Waals surface area contributed by atoms with E-state index < -0.39 is 0 Å². The van der Waals surface area contributed by atoms with Crippen LogP contribution in [0.2, 0.25) is 0 Å². The zero-order chi connectivity index (χ0) is 14.2. The molecule has 3 nitrogen and oxygen atoms in total. The van der Waals surface area contributed by atoms with Gasteiger partial charge in [-0.3, -0.25) is 0 Å². The first kappa shape index (κ1) is 14.5. The molecule has 0 radical (unpaired) electrons. The summed E-state index contributed by atoms with van der Waals surface area (Å²) in [5.74, 6) is 1.63. The molecule has 0 fully saturated rings. The van der Waals surface area contributed by atoms with Gasteiger partial charge in [-0.25, -0.2) is 9.97 Å². The van der Waals surface area contributed by atoms with Crippen LogP contribution >= 0.6 is 27.3 Å². The van der Waals surface area contributed by atoms with Crippen molar-refractivity contribution in [1.29, 1.82) is 0 Å². The molecule has 102 valence electrons. The number of nitrogens with zero attached hydrogens (tertiary/aromatic N) is 2. The quantitative estimate of drug-likeness (QED) is 0.867. The fraction of sp³-hybridized carbons (Fsp3) is 0.429. The Labute approximate surface area is 126 Å². The summed E-state index contributed by atoms with van der Waals surface area (Å²) in [5.41, 5.74) is 2.21. The maximum absolute atomic E-state index is 4.77. The van der Waals surface area contributed by atoms with E-state index >= 15 is 0 Å². The largest absolute Gasteiger partial charge is 0.372 e. The van der Waals surface area contributed by atoms with E-state index in [0.717, 1.165) is 26.7 Å². The summed E-state index contributed by atoms with van der Waals surface area (Å²) in [6.45, 7) is 8.56. The number of halogens is 1. The highest BCUT2D eigenvalue weighted by molar-refractivity contribution is 9.10. The maximum atomic E-state index is 4.77. The van der Waals surface area contributed by atoms with E-state index in [9.17, 15) is 0 Å². The SMILES string of the molecule is CNc1nc(-c2sccc2C)nc(C(C)(C)C)c1Br. The number of hydrogen-bond donors (Lipinski definition) is 1. The van der Waals surface area contributed by atoms with Gasteiger partial charge in [0.15, 0.2) is 5.82 Å². The van der Waals surface area contributed by atoms with Crippen LogP contribution in [-0.4, -0.2) is 17.0 Å². The van der Waals surface area contributed by atoms with E-state index in [1.165, 1.54) is 5.56 Å². The molecule has 0 aromatic carbocycles. The van der Waals surface area contributed by atoms with E-state index in [1.807, 2.05) is 7.05 Å². The molecule has 19 heavy (non-hydrogen) atoms. The zero-order valence-electron chi connectivity index (χ0n) is 11.8. The Morgan fingerprint density at radius 3 is 2.42 bits per heavy atom. The van der Waals surface area contributed by atoms with Crippen molar-refractivity contribution in [2.45, 2.75) is 33.1 Å². The van der Waals surface area contributed by atoms with Crippen LogP contribution in [0.15, 0.2) is 15.9 Å². The Kier molecular flexibility index (Phi) is 3.97. The van der Waals surface area contributed by atoms with Gasteiger partial charge in [-0.05, 0) is 39.9 Å². The molecule has 0 aliphatic heterocycles. The summed E-state index contributed by atoms with van der Waals surface area (Å²) < 4.78 is 0.945. The molecule has 0 saturated carbocycles. The predicted octanol–water partition coefficient (Wildman–Crippen LogP) is 4.62. The average Bonchev–Trinajstić information content (AvgIpc) is 2.74. The van der Waals surface area contributed by atoms with Crippen molar-refractivity contribution in [2.24, 2.45) is 0 Å². The fourth-order valence-corrected chi connectivity index (χ4v) is 3.64. The van der Waals surface area contributed by atoms with Crippen LogP contribution in [0.5, 0.6) is 0 Å². The third kappa shape index (κ3) is 2.82. The predicted molar refractivity (Wildman–Crippen MR) is 86.0 cm³/mol. The number of rotatable bonds is 2. The molecular weight excluding hydrogens is 322 g/mol. The van der Waals surface area contributed by atoms with Gasteiger partial charge >= 0.3 is 0 Å². The average molecular weight is 340 g/mol. The molecule has 0 amide bonds. The second-order valence-corrected chi connectivity index (χ2v) is 7.20.